The largest absolute Gasteiger partial charge is 0.494 e. The molecular formula is C34H39NO4. The van der Waals surface area contributed by atoms with E-state index in [9.17, 15) is 0 Å². The Morgan fingerprint density at radius 3 is 2.36 bits per heavy atom. The lowest BCUT2D eigenvalue weighted by molar-refractivity contribution is -0.0193. The highest BCUT2D eigenvalue weighted by Gasteiger charge is 2.35. The zero-order valence-corrected chi connectivity index (χ0v) is 22.8. The summed E-state index contributed by atoms with van der Waals surface area (Å²) >= 11 is 0. The van der Waals surface area contributed by atoms with E-state index in [-0.39, 0.29) is 12.0 Å². The molecule has 1 saturated heterocycles. The molecule has 1 heterocycles. The molecule has 1 N–H and O–H groups in total. The van der Waals surface area contributed by atoms with E-state index in [1.165, 1.54) is 27.5 Å². The molecule has 0 saturated carbocycles. The van der Waals surface area contributed by atoms with Gasteiger partial charge in [-0.25, -0.2) is 0 Å². The van der Waals surface area contributed by atoms with Crippen LogP contribution >= 0.6 is 0 Å². The summed E-state index contributed by atoms with van der Waals surface area (Å²) in [6.07, 6.45) is 0.905. The monoisotopic (exact) mass is 525 g/mol. The van der Waals surface area contributed by atoms with E-state index in [0.717, 1.165) is 25.3 Å². The smallest absolute Gasteiger partial charge is 0.119 e. The number of piperidine rings is 1. The van der Waals surface area contributed by atoms with Crippen molar-refractivity contribution in [2.45, 2.75) is 31.7 Å². The minimum atomic E-state index is 0.0545. The zero-order chi connectivity index (χ0) is 26.7. The average molecular weight is 526 g/mol. The molecule has 1 aliphatic heterocycles. The molecule has 5 rings (SSSR count). The summed E-state index contributed by atoms with van der Waals surface area (Å²) in [6, 6.07) is 33.8. The lowest BCUT2D eigenvalue weighted by Crippen LogP contribution is -2.48. The van der Waals surface area contributed by atoms with Crippen LogP contribution < -0.4 is 10.1 Å². The van der Waals surface area contributed by atoms with Gasteiger partial charge in [0.25, 0.3) is 0 Å². The molecule has 1 aliphatic rings. The molecule has 3 atom stereocenters. The topological polar surface area (TPSA) is 49.0 Å². The van der Waals surface area contributed by atoms with Crippen LogP contribution in [0.25, 0.3) is 10.8 Å². The van der Waals surface area contributed by atoms with Crippen molar-refractivity contribution >= 4 is 10.8 Å². The first-order valence-electron chi connectivity index (χ1n) is 13.9. The molecule has 5 nitrogen and oxygen atoms in total. The molecule has 5 heteroatoms. The van der Waals surface area contributed by atoms with Crippen LogP contribution in [0.15, 0.2) is 97.1 Å². The van der Waals surface area contributed by atoms with Crippen molar-refractivity contribution in [3.8, 4) is 5.75 Å². The Bertz CT molecular complexity index is 1280. The molecule has 4 aromatic rings. The van der Waals surface area contributed by atoms with Crippen molar-refractivity contribution in [3.63, 3.8) is 0 Å². The summed E-state index contributed by atoms with van der Waals surface area (Å²) < 4.78 is 23.9. The predicted molar refractivity (Wildman–Crippen MR) is 156 cm³/mol. The van der Waals surface area contributed by atoms with Crippen LogP contribution in [0.4, 0.5) is 0 Å². The van der Waals surface area contributed by atoms with E-state index < -0.39 is 0 Å². The van der Waals surface area contributed by atoms with Crippen LogP contribution in [0.1, 0.15) is 29.0 Å². The minimum Gasteiger partial charge on any atom is -0.494 e. The third-order valence-electron chi connectivity index (χ3n) is 7.40. The van der Waals surface area contributed by atoms with Crippen LogP contribution in [-0.2, 0) is 27.4 Å². The number of fused-ring (bicyclic) bond motifs is 1. The Kier molecular flexibility index (Phi) is 9.99. The van der Waals surface area contributed by atoms with Gasteiger partial charge in [0.1, 0.15) is 5.75 Å². The molecule has 0 radical (unpaired) electrons. The van der Waals surface area contributed by atoms with Crippen molar-refractivity contribution in [1.82, 2.24) is 5.32 Å². The Hall–Kier alpha value is -3.22. The van der Waals surface area contributed by atoms with Gasteiger partial charge in [0.2, 0.25) is 0 Å². The average Bonchev–Trinajstić information content (AvgIpc) is 2.99. The third kappa shape index (κ3) is 7.68. The van der Waals surface area contributed by atoms with Gasteiger partial charge in [0.15, 0.2) is 0 Å². The lowest BCUT2D eigenvalue weighted by atomic mass is 9.79. The molecule has 0 aliphatic carbocycles. The number of hydrogen-bond acceptors (Lipinski definition) is 5. The summed E-state index contributed by atoms with van der Waals surface area (Å²) in [5.41, 5.74) is 3.65. The van der Waals surface area contributed by atoms with Gasteiger partial charge >= 0.3 is 0 Å². The van der Waals surface area contributed by atoms with Gasteiger partial charge in [-0.1, -0.05) is 78.9 Å². The van der Waals surface area contributed by atoms with Crippen molar-refractivity contribution in [2.75, 3.05) is 40.0 Å². The third-order valence-corrected chi connectivity index (χ3v) is 7.40. The Balaban J connectivity index is 1.16. The maximum atomic E-state index is 6.56. The fourth-order valence-corrected chi connectivity index (χ4v) is 5.43. The number of nitrogens with one attached hydrogen (secondary N) is 1. The Morgan fingerprint density at radius 1 is 0.744 bits per heavy atom. The van der Waals surface area contributed by atoms with E-state index in [4.69, 9.17) is 18.9 Å². The van der Waals surface area contributed by atoms with E-state index in [1.54, 1.807) is 7.11 Å². The predicted octanol–water partition coefficient (Wildman–Crippen LogP) is 6.36. The summed E-state index contributed by atoms with van der Waals surface area (Å²) in [4.78, 5) is 0. The SMILES string of the molecule is COC[C@H]1CNC[C@H](OCc2ccc3ccccc3c2)[C@H]1c1ccc(OCCCOCc2ccccc2)cc1. The lowest BCUT2D eigenvalue weighted by Gasteiger charge is -2.38. The fraction of sp³-hybridized carbons (Fsp3) is 0.353. The number of methoxy groups -OCH3 is 1. The summed E-state index contributed by atoms with van der Waals surface area (Å²) in [5, 5.41) is 6.05. The second-order valence-corrected chi connectivity index (χ2v) is 10.2. The Labute approximate surface area is 232 Å². The van der Waals surface area contributed by atoms with Crippen LogP contribution in [0.3, 0.4) is 0 Å². The maximum absolute atomic E-state index is 6.56. The number of benzene rings is 4. The van der Waals surface area contributed by atoms with Gasteiger partial charge in [-0.3, -0.25) is 0 Å². The number of rotatable bonds is 13. The quantitative estimate of drug-likeness (QED) is 0.206. The van der Waals surface area contributed by atoms with Gasteiger partial charge in [0, 0.05) is 38.5 Å². The first kappa shape index (κ1) is 27.4. The molecular weight excluding hydrogens is 486 g/mol. The van der Waals surface area contributed by atoms with Crippen molar-refractivity contribution in [2.24, 2.45) is 5.92 Å². The van der Waals surface area contributed by atoms with Gasteiger partial charge in [-0.2, -0.15) is 0 Å². The van der Waals surface area contributed by atoms with E-state index >= 15 is 0 Å². The molecule has 0 amide bonds. The second-order valence-electron chi connectivity index (χ2n) is 10.2. The molecule has 0 bridgehead atoms. The van der Waals surface area contributed by atoms with E-state index in [0.29, 0.717) is 39.0 Å². The second kappa shape index (κ2) is 14.2. The standard InChI is InChI=1S/C34H39NO4/c1-36-25-31-21-35-22-33(39-24-27-12-13-28-10-5-6-11-30(28)20-27)34(31)29-14-16-32(17-15-29)38-19-7-18-37-23-26-8-3-2-4-9-26/h2-6,8-17,20,31,33-35H,7,18-19,21-25H2,1H3/t31-,33+,34+/m1/s1. The van der Waals surface area contributed by atoms with Gasteiger partial charge in [0.05, 0.1) is 39.1 Å². The van der Waals surface area contributed by atoms with Gasteiger partial charge in [-0.15, -0.1) is 0 Å². The van der Waals surface area contributed by atoms with E-state index in [2.05, 4.69) is 84.2 Å². The van der Waals surface area contributed by atoms with Gasteiger partial charge < -0.3 is 24.3 Å². The van der Waals surface area contributed by atoms with Crippen molar-refractivity contribution in [3.05, 3.63) is 114 Å². The molecule has 204 valence electrons. The van der Waals surface area contributed by atoms with Crippen LogP contribution in [0.2, 0.25) is 0 Å². The van der Waals surface area contributed by atoms with Crippen molar-refractivity contribution < 1.29 is 18.9 Å². The highest BCUT2D eigenvalue weighted by Crippen LogP contribution is 2.34. The molecule has 0 spiro atoms. The summed E-state index contributed by atoms with van der Waals surface area (Å²) in [6.45, 7) is 4.95. The maximum Gasteiger partial charge on any atom is 0.119 e. The van der Waals surface area contributed by atoms with Crippen molar-refractivity contribution in [1.29, 1.82) is 0 Å². The van der Waals surface area contributed by atoms with Crippen LogP contribution in [0, 0.1) is 5.92 Å². The summed E-state index contributed by atoms with van der Waals surface area (Å²) in [5.74, 6) is 1.46. The molecule has 0 unspecified atom stereocenters. The van der Waals surface area contributed by atoms with Crippen LogP contribution in [0.5, 0.6) is 5.75 Å². The zero-order valence-electron chi connectivity index (χ0n) is 22.8. The normalized spacial score (nSPS) is 19.3. The number of hydrogen-bond donors (Lipinski definition) is 1. The van der Waals surface area contributed by atoms with Gasteiger partial charge in [-0.05, 0) is 45.7 Å². The minimum absolute atomic E-state index is 0.0545. The Morgan fingerprint density at radius 2 is 1.54 bits per heavy atom. The fourth-order valence-electron chi connectivity index (χ4n) is 5.43. The molecule has 39 heavy (non-hydrogen) atoms. The van der Waals surface area contributed by atoms with E-state index in [1.807, 2.05) is 18.2 Å². The molecule has 4 aromatic carbocycles. The number of ether oxygens (including phenoxy) is 4. The van der Waals surface area contributed by atoms with Crippen LogP contribution in [-0.4, -0.2) is 46.1 Å². The highest BCUT2D eigenvalue weighted by molar-refractivity contribution is 5.82. The molecule has 1 fully saturated rings. The summed E-state index contributed by atoms with van der Waals surface area (Å²) in [7, 11) is 1.77. The first-order chi connectivity index (χ1) is 19.3. The highest BCUT2D eigenvalue weighted by atomic mass is 16.5. The molecule has 0 aromatic heterocycles. The first-order valence-corrected chi connectivity index (χ1v) is 13.9.